The first-order valence-electron chi connectivity index (χ1n) is 7.85. The lowest BCUT2D eigenvalue weighted by atomic mass is 9.99. The van der Waals surface area contributed by atoms with Crippen molar-refractivity contribution in [2.45, 2.75) is 52.4 Å². The van der Waals surface area contributed by atoms with Crippen molar-refractivity contribution in [3.8, 4) is 5.75 Å². The zero-order valence-electron chi connectivity index (χ0n) is 13.9. The molecule has 0 spiro atoms. The van der Waals surface area contributed by atoms with Crippen LogP contribution in [0.1, 0.15) is 44.7 Å². The molecule has 1 aliphatic rings. The van der Waals surface area contributed by atoms with Crippen molar-refractivity contribution in [3.63, 3.8) is 0 Å². The van der Waals surface area contributed by atoms with E-state index in [1.54, 1.807) is 6.07 Å². The molecule has 130 valence electrons. The van der Waals surface area contributed by atoms with Gasteiger partial charge in [0.1, 0.15) is 18.4 Å². The van der Waals surface area contributed by atoms with Gasteiger partial charge < -0.3 is 4.74 Å². The lowest BCUT2D eigenvalue weighted by Crippen LogP contribution is -2.49. The first-order chi connectivity index (χ1) is 10.6. The van der Waals surface area contributed by atoms with E-state index in [4.69, 9.17) is 16.3 Å². The molecule has 0 amide bonds. The number of alkyl halides is 3. The molecular formula is C17H23ClF3NO. The zero-order chi connectivity index (χ0) is 17.4. The number of benzene rings is 1. The van der Waals surface area contributed by atoms with Gasteiger partial charge in [-0.1, -0.05) is 45.4 Å². The molecule has 0 saturated heterocycles. The Morgan fingerprint density at radius 3 is 2.43 bits per heavy atom. The smallest absolute Gasteiger partial charge is 0.407 e. The van der Waals surface area contributed by atoms with Crippen LogP contribution in [0, 0.1) is 5.92 Å². The summed E-state index contributed by atoms with van der Waals surface area (Å²) < 4.78 is 45.7. The average molecular weight is 350 g/mol. The van der Waals surface area contributed by atoms with Crippen LogP contribution in [0.4, 0.5) is 13.2 Å². The van der Waals surface area contributed by atoms with Gasteiger partial charge in [0.05, 0.1) is 5.02 Å². The van der Waals surface area contributed by atoms with Crippen LogP contribution in [0.25, 0.3) is 0 Å². The van der Waals surface area contributed by atoms with Crippen molar-refractivity contribution in [2.24, 2.45) is 5.92 Å². The molecule has 23 heavy (non-hydrogen) atoms. The van der Waals surface area contributed by atoms with Gasteiger partial charge in [0.15, 0.2) is 0 Å². The van der Waals surface area contributed by atoms with Gasteiger partial charge in [-0.15, -0.1) is 0 Å². The highest BCUT2D eigenvalue weighted by molar-refractivity contribution is 6.32. The lowest BCUT2D eigenvalue weighted by Gasteiger charge is -2.31. The molecule has 6 heteroatoms. The first-order valence-corrected chi connectivity index (χ1v) is 8.23. The summed E-state index contributed by atoms with van der Waals surface area (Å²) in [6.45, 7) is 8.01. The minimum absolute atomic E-state index is 0.130. The predicted molar refractivity (Wildman–Crippen MR) is 86.1 cm³/mol. The van der Waals surface area contributed by atoms with E-state index in [0.29, 0.717) is 17.3 Å². The normalized spacial score (nSPS) is 19.7. The predicted octanol–water partition coefficient (Wildman–Crippen LogP) is 5.24. The molecule has 0 N–H and O–H groups in total. The van der Waals surface area contributed by atoms with Gasteiger partial charge in [0.2, 0.25) is 0 Å². The number of hydrogen-bond acceptors (Lipinski definition) is 2. The van der Waals surface area contributed by atoms with Crippen molar-refractivity contribution in [2.75, 3.05) is 13.2 Å². The third-order valence-electron chi connectivity index (χ3n) is 3.99. The van der Waals surface area contributed by atoms with Crippen LogP contribution in [-0.4, -0.2) is 30.3 Å². The van der Waals surface area contributed by atoms with E-state index in [9.17, 15) is 13.2 Å². The summed E-state index contributed by atoms with van der Waals surface area (Å²) in [5.74, 6) is 0.764. The van der Waals surface area contributed by atoms with E-state index in [-0.39, 0.29) is 18.4 Å². The number of ether oxygens (including phenoxy) is 1. The van der Waals surface area contributed by atoms with Crippen LogP contribution in [0.5, 0.6) is 5.75 Å². The molecule has 1 atom stereocenters. The monoisotopic (exact) mass is 349 g/mol. The van der Waals surface area contributed by atoms with Crippen LogP contribution in [0.3, 0.4) is 0 Å². The Morgan fingerprint density at radius 1 is 1.26 bits per heavy atom. The summed E-state index contributed by atoms with van der Waals surface area (Å²) in [4.78, 5) is 1.46. The summed E-state index contributed by atoms with van der Waals surface area (Å²) in [7, 11) is 0. The molecule has 0 fully saturated rings. The second kappa shape index (κ2) is 6.89. The highest BCUT2D eigenvalue weighted by atomic mass is 35.5. The van der Waals surface area contributed by atoms with Crippen LogP contribution < -0.4 is 4.74 Å². The molecule has 1 aromatic rings. The number of halogens is 4. The molecule has 2 rings (SSSR count). The fourth-order valence-corrected chi connectivity index (χ4v) is 3.15. The maximum absolute atomic E-state index is 13.4. The summed E-state index contributed by atoms with van der Waals surface area (Å²) in [5.41, 5.74) is 1.74. The van der Waals surface area contributed by atoms with E-state index in [2.05, 4.69) is 0 Å². The van der Waals surface area contributed by atoms with E-state index < -0.39 is 18.8 Å². The Morgan fingerprint density at radius 2 is 1.91 bits per heavy atom. The largest absolute Gasteiger partial charge is 0.490 e. The minimum atomic E-state index is -4.33. The third kappa shape index (κ3) is 4.32. The van der Waals surface area contributed by atoms with Gasteiger partial charge >= 0.3 is 6.18 Å². The molecule has 0 bridgehead atoms. The highest BCUT2D eigenvalue weighted by Crippen LogP contribution is 2.38. The van der Waals surface area contributed by atoms with Crippen molar-refractivity contribution in [1.82, 2.24) is 4.90 Å². The number of fused-ring (bicyclic) bond motifs is 1. The molecule has 0 radical (unpaired) electrons. The van der Waals surface area contributed by atoms with Crippen LogP contribution in [0.15, 0.2) is 12.1 Å². The fraction of sp³-hybridized carbons (Fsp3) is 0.647. The maximum atomic E-state index is 13.4. The SMILES string of the molecule is CC(C)CN1Cc2cc(C(C)C)cc(Cl)c2OCC1C(F)(F)F. The first kappa shape index (κ1) is 18.4. The van der Waals surface area contributed by atoms with Crippen LogP contribution >= 0.6 is 11.6 Å². The molecule has 1 aliphatic heterocycles. The molecule has 0 aliphatic carbocycles. The van der Waals surface area contributed by atoms with Crippen molar-refractivity contribution >= 4 is 11.6 Å². The van der Waals surface area contributed by atoms with Gasteiger partial charge in [-0.05, 0) is 23.5 Å². The molecular weight excluding hydrogens is 327 g/mol. The van der Waals surface area contributed by atoms with Crippen molar-refractivity contribution in [1.29, 1.82) is 0 Å². The standard InChI is InChI=1S/C17H23ClF3NO/c1-10(2)7-22-8-13-5-12(11(3)4)6-14(18)16(13)23-9-15(22)17(19,20)21/h5-6,10-11,15H,7-9H2,1-4H3. The average Bonchev–Trinajstić information content (AvgIpc) is 2.56. The Kier molecular flexibility index (Phi) is 5.52. The Balaban J connectivity index is 2.42. The summed E-state index contributed by atoms with van der Waals surface area (Å²) >= 11 is 6.25. The van der Waals surface area contributed by atoms with Crippen molar-refractivity contribution in [3.05, 3.63) is 28.3 Å². The van der Waals surface area contributed by atoms with Gasteiger partial charge in [0, 0.05) is 18.7 Å². The van der Waals surface area contributed by atoms with Gasteiger partial charge in [-0.25, -0.2) is 0 Å². The van der Waals surface area contributed by atoms with E-state index in [1.165, 1.54) is 4.90 Å². The molecule has 2 nitrogen and oxygen atoms in total. The Hall–Kier alpha value is -0.940. The van der Waals surface area contributed by atoms with E-state index in [1.807, 2.05) is 33.8 Å². The summed E-state index contributed by atoms with van der Waals surface area (Å²) in [6.07, 6.45) is -4.33. The van der Waals surface area contributed by atoms with Crippen LogP contribution in [-0.2, 0) is 6.54 Å². The lowest BCUT2D eigenvalue weighted by molar-refractivity contribution is -0.191. The maximum Gasteiger partial charge on any atom is 0.407 e. The molecule has 0 saturated carbocycles. The second-order valence-corrected chi connectivity index (χ2v) is 7.24. The number of rotatable bonds is 3. The highest BCUT2D eigenvalue weighted by Gasteiger charge is 2.45. The topological polar surface area (TPSA) is 12.5 Å². The number of nitrogens with zero attached hydrogens (tertiary/aromatic N) is 1. The number of hydrogen-bond donors (Lipinski definition) is 0. The van der Waals surface area contributed by atoms with E-state index in [0.717, 1.165) is 11.1 Å². The van der Waals surface area contributed by atoms with Gasteiger partial charge in [-0.2, -0.15) is 13.2 Å². The molecule has 1 aromatic carbocycles. The summed E-state index contributed by atoms with van der Waals surface area (Å²) in [5, 5.41) is 0.388. The van der Waals surface area contributed by atoms with Crippen LogP contribution in [0.2, 0.25) is 5.02 Å². The quantitative estimate of drug-likeness (QED) is 0.739. The van der Waals surface area contributed by atoms with Gasteiger partial charge in [-0.3, -0.25) is 4.90 Å². The van der Waals surface area contributed by atoms with Crippen molar-refractivity contribution < 1.29 is 17.9 Å². The second-order valence-electron chi connectivity index (χ2n) is 6.84. The Labute approximate surface area is 140 Å². The molecule has 1 heterocycles. The van der Waals surface area contributed by atoms with E-state index >= 15 is 0 Å². The summed E-state index contributed by atoms with van der Waals surface area (Å²) in [6, 6.07) is 2.08. The fourth-order valence-electron chi connectivity index (χ4n) is 2.85. The zero-order valence-corrected chi connectivity index (χ0v) is 14.6. The molecule has 0 aromatic heterocycles. The Bertz CT molecular complexity index is 558. The minimum Gasteiger partial charge on any atom is -0.490 e. The molecule has 1 unspecified atom stereocenters. The van der Waals surface area contributed by atoms with Gasteiger partial charge in [0.25, 0.3) is 0 Å². The third-order valence-corrected chi connectivity index (χ3v) is 4.27.